The zero-order valence-electron chi connectivity index (χ0n) is 18.6. The predicted molar refractivity (Wildman–Crippen MR) is 118 cm³/mol. The summed E-state index contributed by atoms with van der Waals surface area (Å²) in [5.41, 5.74) is 3.01. The third-order valence-corrected chi connectivity index (χ3v) is 7.35. The van der Waals surface area contributed by atoms with Crippen molar-refractivity contribution in [2.24, 2.45) is 5.92 Å². The van der Waals surface area contributed by atoms with Gasteiger partial charge in [-0.15, -0.1) is 0 Å². The van der Waals surface area contributed by atoms with Crippen molar-refractivity contribution in [3.05, 3.63) is 40.9 Å². The van der Waals surface area contributed by atoms with E-state index in [1.165, 1.54) is 17.0 Å². The van der Waals surface area contributed by atoms with Crippen LogP contribution in [0.3, 0.4) is 0 Å². The first-order chi connectivity index (χ1) is 15.5. The molecule has 2 amide bonds. The van der Waals surface area contributed by atoms with Gasteiger partial charge in [0.05, 0.1) is 5.69 Å². The minimum Gasteiger partial charge on any atom is -0.356 e. The first kappa shape index (κ1) is 21.3. The molecular weight excluding hydrogens is 409 g/mol. The number of hydrogen-bond acceptors (Lipinski definition) is 5. The van der Waals surface area contributed by atoms with Crippen molar-refractivity contribution in [1.29, 1.82) is 0 Å². The Kier molecular flexibility index (Phi) is 5.84. The van der Waals surface area contributed by atoms with Crippen molar-refractivity contribution in [3.63, 3.8) is 0 Å². The van der Waals surface area contributed by atoms with Gasteiger partial charge in [-0.3, -0.25) is 14.5 Å². The van der Waals surface area contributed by atoms with E-state index < -0.39 is 0 Å². The average Bonchev–Trinajstić information content (AvgIpc) is 3.30. The number of imide groups is 1. The summed E-state index contributed by atoms with van der Waals surface area (Å²) < 4.78 is 18.7. The van der Waals surface area contributed by atoms with E-state index in [0.29, 0.717) is 24.0 Å². The van der Waals surface area contributed by atoms with Crippen LogP contribution in [0.4, 0.5) is 4.39 Å². The van der Waals surface area contributed by atoms with E-state index in [1.54, 1.807) is 6.07 Å². The predicted octanol–water partition coefficient (Wildman–Crippen LogP) is 4.41. The number of aromatic nitrogens is 1. The molecule has 5 rings (SSSR count). The second-order valence-electron chi connectivity index (χ2n) is 9.60. The van der Waals surface area contributed by atoms with E-state index in [1.807, 2.05) is 0 Å². The number of carbonyl (C=O) groups excluding carboxylic acids is 2. The number of benzene rings is 1. The number of piperidine rings is 1. The molecule has 170 valence electrons. The summed E-state index contributed by atoms with van der Waals surface area (Å²) in [4.78, 5) is 29.2. The minimum absolute atomic E-state index is 0.0440. The molecule has 1 unspecified atom stereocenters. The minimum atomic E-state index is -0.308. The molecule has 32 heavy (non-hydrogen) atoms. The van der Waals surface area contributed by atoms with Gasteiger partial charge in [-0.05, 0) is 82.6 Å². The molecule has 0 saturated carbocycles. The number of likely N-dealkylation sites (tertiary alicyclic amines) is 1. The quantitative estimate of drug-likeness (QED) is 0.493. The standard InChI is InChI=1S/C25H30FN3O3/c1-16-4-6-19-21(14-16)25(31)29(24(19)30)11-3-2-10-28-12-8-17(9-13-28)23-20-7-5-18(26)15-22(20)32-27-23/h5,7,15-17H,2-4,6,8-14H2,1H3. The summed E-state index contributed by atoms with van der Waals surface area (Å²) in [7, 11) is 0. The van der Waals surface area contributed by atoms with E-state index in [4.69, 9.17) is 4.52 Å². The van der Waals surface area contributed by atoms with Gasteiger partial charge in [-0.25, -0.2) is 4.39 Å². The van der Waals surface area contributed by atoms with Crippen LogP contribution in [0.2, 0.25) is 0 Å². The number of nitrogens with zero attached hydrogens (tertiary/aromatic N) is 3. The second-order valence-corrected chi connectivity index (χ2v) is 9.60. The third kappa shape index (κ3) is 3.98. The summed E-state index contributed by atoms with van der Waals surface area (Å²) in [5.74, 6) is 0.426. The Bertz CT molecular complexity index is 1070. The van der Waals surface area contributed by atoms with Crippen LogP contribution in [0, 0.1) is 11.7 Å². The molecule has 1 saturated heterocycles. The van der Waals surface area contributed by atoms with E-state index in [-0.39, 0.29) is 17.6 Å². The van der Waals surface area contributed by atoms with E-state index in [9.17, 15) is 14.0 Å². The third-order valence-electron chi connectivity index (χ3n) is 7.35. The molecule has 1 fully saturated rings. The maximum Gasteiger partial charge on any atom is 0.257 e. The van der Waals surface area contributed by atoms with Crippen LogP contribution in [0.1, 0.15) is 63.5 Å². The normalized spacial score (nSPS) is 22.9. The van der Waals surface area contributed by atoms with Gasteiger partial charge in [0, 0.05) is 35.1 Å². The fraction of sp³-hybridized carbons (Fsp3) is 0.560. The molecule has 2 aliphatic heterocycles. The monoisotopic (exact) mass is 439 g/mol. The Hall–Kier alpha value is -2.54. The molecule has 1 atom stereocenters. The average molecular weight is 440 g/mol. The molecule has 1 aromatic heterocycles. The fourth-order valence-corrected chi connectivity index (χ4v) is 5.45. The number of unbranched alkanes of at least 4 members (excludes halogenated alkanes) is 1. The van der Waals surface area contributed by atoms with Gasteiger partial charge in [0.15, 0.2) is 5.58 Å². The van der Waals surface area contributed by atoms with Crippen molar-refractivity contribution in [3.8, 4) is 0 Å². The SMILES string of the molecule is CC1CCC2=C(C1)C(=O)N(CCCCN1CCC(c3noc4cc(F)ccc34)CC1)C2=O. The molecule has 0 bridgehead atoms. The summed E-state index contributed by atoms with van der Waals surface area (Å²) in [6.07, 6.45) is 6.31. The molecule has 6 nitrogen and oxygen atoms in total. The van der Waals surface area contributed by atoms with Crippen LogP contribution in [0.25, 0.3) is 11.0 Å². The maximum atomic E-state index is 13.4. The van der Waals surface area contributed by atoms with Crippen LogP contribution >= 0.6 is 0 Å². The van der Waals surface area contributed by atoms with Crippen LogP contribution in [0.15, 0.2) is 33.9 Å². The van der Waals surface area contributed by atoms with E-state index >= 15 is 0 Å². The topological polar surface area (TPSA) is 66.7 Å². The zero-order valence-corrected chi connectivity index (χ0v) is 18.6. The first-order valence-electron chi connectivity index (χ1n) is 11.9. The Morgan fingerprint density at radius 2 is 1.81 bits per heavy atom. The highest BCUT2D eigenvalue weighted by Crippen LogP contribution is 2.36. The van der Waals surface area contributed by atoms with Gasteiger partial charge in [0.25, 0.3) is 11.8 Å². The van der Waals surface area contributed by atoms with Crippen LogP contribution in [-0.2, 0) is 9.59 Å². The zero-order chi connectivity index (χ0) is 22.2. The van der Waals surface area contributed by atoms with Gasteiger partial charge in [-0.1, -0.05) is 12.1 Å². The number of fused-ring (bicyclic) bond motifs is 1. The van der Waals surface area contributed by atoms with E-state index in [0.717, 1.165) is 86.8 Å². The second kappa shape index (κ2) is 8.77. The van der Waals surface area contributed by atoms with Crippen LogP contribution in [-0.4, -0.2) is 52.9 Å². The lowest BCUT2D eigenvalue weighted by Gasteiger charge is -2.31. The Labute approximate surface area is 187 Å². The lowest BCUT2D eigenvalue weighted by Crippen LogP contribution is -2.35. The summed E-state index contributed by atoms with van der Waals surface area (Å²) in [6, 6.07) is 4.61. The first-order valence-corrected chi connectivity index (χ1v) is 11.9. The summed E-state index contributed by atoms with van der Waals surface area (Å²) >= 11 is 0. The van der Waals surface area contributed by atoms with Gasteiger partial charge in [-0.2, -0.15) is 0 Å². The van der Waals surface area contributed by atoms with Crippen molar-refractivity contribution in [2.75, 3.05) is 26.2 Å². The Morgan fingerprint density at radius 1 is 1.06 bits per heavy atom. The molecule has 1 aliphatic carbocycles. The molecule has 3 aliphatic rings. The molecule has 0 spiro atoms. The molecule has 0 N–H and O–H groups in total. The highest BCUT2D eigenvalue weighted by molar-refractivity contribution is 6.19. The molecule has 3 heterocycles. The molecule has 7 heteroatoms. The lowest BCUT2D eigenvalue weighted by atomic mass is 9.86. The number of amides is 2. The number of hydrogen-bond donors (Lipinski definition) is 0. The lowest BCUT2D eigenvalue weighted by molar-refractivity contribution is -0.137. The van der Waals surface area contributed by atoms with Crippen molar-refractivity contribution in [1.82, 2.24) is 15.0 Å². The largest absolute Gasteiger partial charge is 0.356 e. The summed E-state index contributed by atoms with van der Waals surface area (Å²) in [5, 5.41) is 5.13. The molecule has 0 radical (unpaired) electrons. The summed E-state index contributed by atoms with van der Waals surface area (Å²) in [6.45, 7) is 5.61. The molecule has 1 aromatic carbocycles. The number of rotatable bonds is 6. The molecular formula is C25H30FN3O3. The van der Waals surface area contributed by atoms with Crippen molar-refractivity contribution < 1.29 is 18.5 Å². The number of halogens is 1. The number of carbonyl (C=O) groups is 2. The van der Waals surface area contributed by atoms with Crippen LogP contribution in [0.5, 0.6) is 0 Å². The molecule has 2 aromatic rings. The van der Waals surface area contributed by atoms with Crippen molar-refractivity contribution in [2.45, 2.75) is 57.8 Å². The fourth-order valence-electron chi connectivity index (χ4n) is 5.45. The Balaban J connectivity index is 1.07. The Morgan fingerprint density at radius 3 is 2.62 bits per heavy atom. The van der Waals surface area contributed by atoms with Crippen LogP contribution < -0.4 is 0 Å². The van der Waals surface area contributed by atoms with Gasteiger partial charge < -0.3 is 9.42 Å². The maximum absolute atomic E-state index is 13.4. The van der Waals surface area contributed by atoms with Gasteiger partial charge in [0.2, 0.25) is 0 Å². The van der Waals surface area contributed by atoms with Gasteiger partial charge >= 0.3 is 0 Å². The highest BCUT2D eigenvalue weighted by Gasteiger charge is 2.39. The van der Waals surface area contributed by atoms with E-state index in [2.05, 4.69) is 17.0 Å². The highest BCUT2D eigenvalue weighted by atomic mass is 19.1. The smallest absolute Gasteiger partial charge is 0.257 e. The van der Waals surface area contributed by atoms with Gasteiger partial charge in [0.1, 0.15) is 5.82 Å². The van der Waals surface area contributed by atoms with Crippen molar-refractivity contribution >= 4 is 22.8 Å².